The second-order valence-corrected chi connectivity index (χ2v) is 6.98. The molecule has 3 amide bonds. The molecule has 0 radical (unpaired) electrons. The van der Waals surface area contributed by atoms with Crippen molar-refractivity contribution in [1.82, 2.24) is 0 Å². The largest absolute Gasteiger partial charge is 0.417 e. The Morgan fingerprint density at radius 2 is 1.31 bits per heavy atom. The number of ether oxygens (including phenoxy) is 1. The third-order valence-corrected chi connectivity index (χ3v) is 4.28. The molecule has 148 valence electrons. The summed E-state index contributed by atoms with van der Waals surface area (Å²) in [6.07, 6.45) is -0.695. The fraction of sp³-hybridized carbons (Fsp3) is 0.0476. The highest BCUT2D eigenvalue weighted by Gasteiger charge is 2.13. The molecule has 6 nitrogen and oxygen atoms in total. The maximum atomic E-state index is 12.3. The molecule has 0 saturated heterocycles. The summed E-state index contributed by atoms with van der Waals surface area (Å²) < 4.78 is 5.38. The number of hydrogen-bond donors (Lipinski definition) is 3. The molecule has 3 aromatic carbocycles. The van der Waals surface area contributed by atoms with E-state index in [-0.39, 0.29) is 5.75 Å². The van der Waals surface area contributed by atoms with Crippen LogP contribution in [0.1, 0.15) is 5.56 Å². The number of halogens is 2. The first-order valence-electron chi connectivity index (χ1n) is 8.58. The predicted molar refractivity (Wildman–Crippen MR) is 116 cm³/mol. The van der Waals surface area contributed by atoms with Gasteiger partial charge in [-0.1, -0.05) is 29.3 Å². The zero-order valence-electron chi connectivity index (χ0n) is 15.3. The van der Waals surface area contributed by atoms with Crippen molar-refractivity contribution in [2.24, 2.45) is 0 Å². The summed E-state index contributed by atoms with van der Waals surface area (Å²) in [4.78, 5) is 24.5. The molecule has 0 saturated carbocycles. The van der Waals surface area contributed by atoms with Gasteiger partial charge in [-0.15, -0.1) is 0 Å². The Kier molecular flexibility index (Phi) is 6.59. The van der Waals surface area contributed by atoms with E-state index in [1.54, 1.807) is 66.7 Å². The van der Waals surface area contributed by atoms with E-state index in [0.29, 0.717) is 27.1 Å². The monoisotopic (exact) mass is 429 g/mol. The fourth-order valence-corrected chi connectivity index (χ4v) is 2.66. The average molecular weight is 430 g/mol. The van der Waals surface area contributed by atoms with Gasteiger partial charge in [0.05, 0.1) is 5.69 Å². The number of hydrogen-bond acceptors (Lipinski definition) is 3. The topological polar surface area (TPSA) is 79.5 Å². The van der Waals surface area contributed by atoms with Crippen LogP contribution < -0.4 is 20.7 Å². The molecule has 8 heteroatoms. The zero-order chi connectivity index (χ0) is 20.8. The lowest BCUT2D eigenvalue weighted by Gasteiger charge is -2.13. The van der Waals surface area contributed by atoms with Crippen molar-refractivity contribution < 1.29 is 14.3 Å². The van der Waals surface area contributed by atoms with Gasteiger partial charge in [-0.05, 0) is 73.2 Å². The van der Waals surface area contributed by atoms with E-state index < -0.39 is 12.1 Å². The van der Waals surface area contributed by atoms with Crippen LogP contribution in [0.5, 0.6) is 5.75 Å². The van der Waals surface area contributed by atoms with Crippen LogP contribution >= 0.6 is 23.2 Å². The Labute approximate surface area is 177 Å². The Morgan fingerprint density at radius 1 is 0.759 bits per heavy atom. The van der Waals surface area contributed by atoms with Crippen molar-refractivity contribution in [3.8, 4) is 5.75 Å². The van der Waals surface area contributed by atoms with Crippen molar-refractivity contribution >= 4 is 52.4 Å². The molecule has 0 aliphatic rings. The maximum absolute atomic E-state index is 12.3. The molecule has 0 bridgehead atoms. The van der Waals surface area contributed by atoms with Crippen molar-refractivity contribution in [1.29, 1.82) is 0 Å². The summed E-state index contributed by atoms with van der Waals surface area (Å²) in [6, 6.07) is 17.9. The minimum atomic E-state index is -0.695. The zero-order valence-corrected chi connectivity index (χ0v) is 16.8. The molecule has 0 spiro atoms. The van der Waals surface area contributed by atoms with Crippen molar-refractivity contribution in [2.75, 3.05) is 16.0 Å². The van der Waals surface area contributed by atoms with Crippen LogP contribution in [-0.2, 0) is 0 Å². The SMILES string of the molecule is Cc1ccc(NC(=O)Nc2ccc(Cl)cc2)c(OC(=O)Nc2ccc(Cl)cc2)c1. The molecule has 0 aromatic heterocycles. The molecule has 29 heavy (non-hydrogen) atoms. The number of aryl methyl sites for hydroxylation is 1. The molecular formula is C21H17Cl2N3O3. The van der Waals surface area contributed by atoms with Crippen molar-refractivity contribution in [3.63, 3.8) is 0 Å². The van der Waals surface area contributed by atoms with Crippen LogP contribution in [0.4, 0.5) is 26.7 Å². The lowest BCUT2D eigenvalue weighted by molar-refractivity contribution is 0.215. The van der Waals surface area contributed by atoms with E-state index in [0.717, 1.165) is 5.56 Å². The first-order chi connectivity index (χ1) is 13.9. The first kappa shape index (κ1) is 20.5. The van der Waals surface area contributed by atoms with Gasteiger partial charge in [0.15, 0.2) is 5.75 Å². The Hall–Kier alpha value is -3.22. The van der Waals surface area contributed by atoms with Gasteiger partial charge in [-0.2, -0.15) is 0 Å². The molecule has 0 unspecified atom stereocenters. The smallest absolute Gasteiger partial charge is 0.408 e. The lowest BCUT2D eigenvalue weighted by atomic mass is 10.2. The molecule has 0 heterocycles. The summed E-state index contributed by atoms with van der Waals surface area (Å²) in [5, 5.41) is 9.08. The van der Waals surface area contributed by atoms with Gasteiger partial charge in [-0.3, -0.25) is 5.32 Å². The van der Waals surface area contributed by atoms with Crippen molar-refractivity contribution in [2.45, 2.75) is 6.92 Å². The van der Waals surface area contributed by atoms with E-state index in [9.17, 15) is 9.59 Å². The quantitative estimate of drug-likeness (QED) is 0.439. The number of carbonyl (C=O) groups excluding carboxylic acids is 2. The van der Waals surface area contributed by atoms with E-state index in [2.05, 4.69) is 16.0 Å². The third-order valence-electron chi connectivity index (χ3n) is 3.78. The second kappa shape index (κ2) is 9.32. The Morgan fingerprint density at radius 3 is 1.90 bits per heavy atom. The van der Waals surface area contributed by atoms with Gasteiger partial charge in [0.2, 0.25) is 0 Å². The molecular weight excluding hydrogens is 413 g/mol. The van der Waals surface area contributed by atoms with Gasteiger partial charge in [0.25, 0.3) is 0 Å². The molecule has 3 N–H and O–H groups in total. The van der Waals surface area contributed by atoms with Gasteiger partial charge in [-0.25, -0.2) is 9.59 Å². The Balaban J connectivity index is 1.68. The third kappa shape index (κ3) is 6.14. The molecule has 0 fully saturated rings. The number of amides is 3. The molecule has 3 rings (SSSR count). The van der Waals surface area contributed by atoms with Crippen LogP contribution in [0.15, 0.2) is 66.7 Å². The fourth-order valence-electron chi connectivity index (χ4n) is 2.41. The van der Waals surface area contributed by atoms with E-state index in [4.69, 9.17) is 27.9 Å². The van der Waals surface area contributed by atoms with Gasteiger partial charge >= 0.3 is 12.1 Å². The number of benzene rings is 3. The summed E-state index contributed by atoms with van der Waals surface area (Å²) in [7, 11) is 0. The molecule has 0 aliphatic carbocycles. The minimum Gasteiger partial charge on any atom is -0.408 e. The minimum absolute atomic E-state index is 0.211. The van der Waals surface area contributed by atoms with Crippen LogP contribution in [0.25, 0.3) is 0 Å². The highest BCUT2D eigenvalue weighted by atomic mass is 35.5. The number of nitrogens with one attached hydrogen (secondary N) is 3. The predicted octanol–water partition coefficient (Wildman–Crippen LogP) is 6.56. The van der Waals surface area contributed by atoms with Crippen LogP contribution in [0, 0.1) is 6.92 Å². The maximum Gasteiger partial charge on any atom is 0.417 e. The van der Waals surface area contributed by atoms with Gasteiger partial charge in [0, 0.05) is 21.4 Å². The summed E-state index contributed by atoms with van der Waals surface area (Å²) >= 11 is 11.7. The number of rotatable bonds is 4. The summed E-state index contributed by atoms with van der Waals surface area (Å²) in [6.45, 7) is 1.85. The summed E-state index contributed by atoms with van der Waals surface area (Å²) in [5.41, 5.74) is 2.31. The molecule has 3 aromatic rings. The van der Waals surface area contributed by atoms with E-state index in [1.807, 2.05) is 6.92 Å². The normalized spacial score (nSPS) is 10.2. The number of carbonyl (C=O) groups is 2. The Bertz CT molecular complexity index is 1020. The number of urea groups is 1. The van der Waals surface area contributed by atoms with Crippen LogP contribution in [0.3, 0.4) is 0 Å². The standard InChI is InChI=1S/C21H17Cl2N3O3/c1-13-2-11-18(26-20(27)24-16-7-3-14(22)4-8-16)19(12-13)29-21(28)25-17-9-5-15(23)6-10-17/h2-12H,1H3,(H,25,28)(H2,24,26,27). The number of anilines is 3. The van der Waals surface area contributed by atoms with E-state index >= 15 is 0 Å². The molecule has 0 aliphatic heterocycles. The van der Waals surface area contributed by atoms with Crippen molar-refractivity contribution in [3.05, 3.63) is 82.3 Å². The second-order valence-electron chi connectivity index (χ2n) is 6.11. The first-order valence-corrected chi connectivity index (χ1v) is 9.33. The average Bonchev–Trinajstić information content (AvgIpc) is 2.67. The van der Waals surface area contributed by atoms with E-state index in [1.165, 1.54) is 0 Å². The molecule has 0 atom stereocenters. The van der Waals surface area contributed by atoms with Gasteiger partial charge < -0.3 is 15.4 Å². The lowest BCUT2D eigenvalue weighted by Crippen LogP contribution is -2.21. The highest BCUT2D eigenvalue weighted by Crippen LogP contribution is 2.27. The van der Waals surface area contributed by atoms with Gasteiger partial charge in [0.1, 0.15) is 0 Å². The van der Waals surface area contributed by atoms with Crippen LogP contribution in [-0.4, -0.2) is 12.1 Å². The highest BCUT2D eigenvalue weighted by molar-refractivity contribution is 6.31. The van der Waals surface area contributed by atoms with Crippen LogP contribution in [0.2, 0.25) is 10.0 Å². The summed E-state index contributed by atoms with van der Waals surface area (Å²) in [5.74, 6) is 0.211.